The molecule has 0 aliphatic carbocycles. The van der Waals surface area contributed by atoms with Crippen LogP contribution in [-0.4, -0.2) is 36.1 Å². The molecule has 1 aromatic heterocycles. The lowest BCUT2D eigenvalue weighted by atomic mass is 10.0. The van der Waals surface area contributed by atoms with E-state index in [4.69, 9.17) is 4.74 Å². The summed E-state index contributed by atoms with van der Waals surface area (Å²) in [5.41, 5.74) is -0.0641. The second-order valence-corrected chi connectivity index (χ2v) is 6.36. The molecular weight excluding hydrogens is 369 g/mol. The number of aromatic nitrogens is 1. The third-order valence-electron chi connectivity index (χ3n) is 4.56. The van der Waals surface area contributed by atoms with Crippen molar-refractivity contribution in [3.8, 4) is 5.75 Å². The van der Waals surface area contributed by atoms with E-state index in [1.807, 2.05) is 0 Å². The highest BCUT2D eigenvalue weighted by Gasteiger charge is 2.25. The van der Waals surface area contributed by atoms with Gasteiger partial charge in [-0.1, -0.05) is 6.07 Å². The maximum Gasteiger partial charge on any atom is 0.253 e. The second-order valence-electron chi connectivity index (χ2n) is 6.36. The lowest BCUT2D eigenvalue weighted by molar-refractivity contribution is 0.210. The first-order valence-corrected chi connectivity index (χ1v) is 8.40. The number of methoxy groups -OCH3 is 1. The van der Waals surface area contributed by atoms with Gasteiger partial charge in [0.05, 0.1) is 7.11 Å². The number of rotatable bonds is 5. The van der Waals surface area contributed by atoms with Crippen molar-refractivity contribution < 1.29 is 26.7 Å². The zero-order valence-electron chi connectivity index (χ0n) is 14.5. The Morgan fingerprint density at radius 2 is 1.70 bits per heavy atom. The molecule has 146 valence electrons. The van der Waals surface area contributed by atoms with Gasteiger partial charge in [0.2, 0.25) is 11.6 Å². The van der Waals surface area contributed by atoms with E-state index in [9.17, 15) is 22.0 Å². The molecule has 1 N–H and O–H groups in total. The molecule has 0 unspecified atom stereocenters. The molecule has 1 saturated heterocycles. The fraction of sp³-hybridized carbons (Fsp3) is 0.389. The van der Waals surface area contributed by atoms with Crippen LogP contribution >= 0.6 is 0 Å². The first kappa shape index (κ1) is 19.3. The van der Waals surface area contributed by atoms with E-state index in [0.717, 1.165) is 5.56 Å². The average Bonchev–Trinajstić information content (AvgIpc) is 2.65. The summed E-state index contributed by atoms with van der Waals surface area (Å²) in [4.78, 5) is 4.59. The van der Waals surface area contributed by atoms with Gasteiger partial charge in [-0.2, -0.15) is 22.5 Å². The van der Waals surface area contributed by atoms with Gasteiger partial charge < -0.3 is 10.1 Å². The Morgan fingerprint density at radius 3 is 2.26 bits per heavy atom. The van der Waals surface area contributed by atoms with Gasteiger partial charge in [0.15, 0.2) is 11.6 Å². The fourth-order valence-electron chi connectivity index (χ4n) is 3.12. The number of piperidine rings is 1. The summed E-state index contributed by atoms with van der Waals surface area (Å²) in [6, 6.07) is 4.37. The van der Waals surface area contributed by atoms with Crippen molar-refractivity contribution in [1.82, 2.24) is 9.88 Å². The summed E-state index contributed by atoms with van der Waals surface area (Å²) in [5, 5.41) is 2.53. The predicted octanol–water partition coefficient (Wildman–Crippen LogP) is 3.86. The van der Waals surface area contributed by atoms with Crippen LogP contribution in [0.4, 0.5) is 27.6 Å². The van der Waals surface area contributed by atoms with Gasteiger partial charge in [0, 0.05) is 25.7 Å². The number of hydrogen-bond donors (Lipinski definition) is 1. The van der Waals surface area contributed by atoms with Crippen LogP contribution in [0.15, 0.2) is 18.2 Å². The molecule has 0 radical (unpaired) electrons. The number of anilines is 1. The van der Waals surface area contributed by atoms with Crippen molar-refractivity contribution in [2.75, 3.05) is 25.5 Å². The molecule has 27 heavy (non-hydrogen) atoms. The van der Waals surface area contributed by atoms with Crippen LogP contribution in [0.1, 0.15) is 18.4 Å². The van der Waals surface area contributed by atoms with Crippen LogP contribution in [0, 0.1) is 29.3 Å². The summed E-state index contributed by atoms with van der Waals surface area (Å²) < 4.78 is 72.4. The fourth-order valence-corrected chi connectivity index (χ4v) is 3.12. The average molecular weight is 387 g/mol. The van der Waals surface area contributed by atoms with E-state index in [2.05, 4.69) is 15.2 Å². The second kappa shape index (κ2) is 8.08. The van der Waals surface area contributed by atoms with Gasteiger partial charge in [-0.25, -0.2) is 4.39 Å². The third-order valence-corrected chi connectivity index (χ3v) is 4.56. The van der Waals surface area contributed by atoms with E-state index >= 15 is 0 Å². The van der Waals surface area contributed by atoms with Gasteiger partial charge in [0.1, 0.15) is 5.69 Å². The first-order valence-electron chi connectivity index (χ1n) is 8.40. The Balaban J connectivity index is 1.59. The number of hydrogen-bond acceptors (Lipinski definition) is 4. The minimum Gasteiger partial charge on any atom is -0.494 e. The van der Waals surface area contributed by atoms with Crippen molar-refractivity contribution in [2.24, 2.45) is 0 Å². The number of likely N-dealkylation sites (tertiary alicyclic amines) is 1. The van der Waals surface area contributed by atoms with Gasteiger partial charge in [-0.3, -0.25) is 4.90 Å². The van der Waals surface area contributed by atoms with Gasteiger partial charge >= 0.3 is 0 Å². The largest absolute Gasteiger partial charge is 0.494 e. The molecule has 2 aromatic rings. The zero-order valence-corrected chi connectivity index (χ0v) is 14.5. The monoisotopic (exact) mass is 387 g/mol. The summed E-state index contributed by atoms with van der Waals surface area (Å²) in [6.45, 7) is 1.66. The van der Waals surface area contributed by atoms with Crippen LogP contribution in [0.3, 0.4) is 0 Å². The summed E-state index contributed by atoms with van der Waals surface area (Å²) in [7, 11) is 1.39. The Kier molecular flexibility index (Phi) is 5.79. The predicted molar refractivity (Wildman–Crippen MR) is 88.9 cm³/mol. The Bertz CT molecular complexity index is 799. The SMILES string of the molecule is COc1ccc(CN2CCC(Nc3c(F)c(F)nc(F)c3F)CC2)cc1F. The third kappa shape index (κ3) is 4.29. The number of pyridine rings is 1. The molecule has 3 rings (SSSR count). The summed E-state index contributed by atoms with van der Waals surface area (Å²) >= 11 is 0. The Labute approximate surface area is 153 Å². The van der Waals surface area contributed by atoms with Crippen molar-refractivity contribution in [3.05, 3.63) is 53.1 Å². The highest BCUT2D eigenvalue weighted by molar-refractivity contribution is 5.46. The van der Waals surface area contributed by atoms with Crippen LogP contribution in [0.25, 0.3) is 0 Å². The highest BCUT2D eigenvalue weighted by Crippen LogP contribution is 2.26. The van der Waals surface area contributed by atoms with Gasteiger partial charge in [0.25, 0.3) is 11.9 Å². The van der Waals surface area contributed by atoms with Crippen molar-refractivity contribution >= 4 is 5.69 Å². The molecule has 1 fully saturated rings. The zero-order chi connectivity index (χ0) is 19.6. The Morgan fingerprint density at radius 1 is 1.07 bits per heavy atom. The molecule has 1 aromatic carbocycles. The number of ether oxygens (including phenoxy) is 1. The number of nitrogens with one attached hydrogen (secondary N) is 1. The van der Waals surface area contributed by atoms with E-state index in [1.54, 1.807) is 12.1 Å². The molecule has 0 atom stereocenters. The maximum atomic E-state index is 13.8. The topological polar surface area (TPSA) is 37.4 Å². The van der Waals surface area contributed by atoms with Crippen LogP contribution in [-0.2, 0) is 6.54 Å². The van der Waals surface area contributed by atoms with Crippen LogP contribution in [0.2, 0.25) is 0 Å². The van der Waals surface area contributed by atoms with Crippen molar-refractivity contribution in [1.29, 1.82) is 0 Å². The first-order chi connectivity index (χ1) is 12.9. The highest BCUT2D eigenvalue weighted by atomic mass is 19.2. The molecule has 2 heterocycles. The smallest absolute Gasteiger partial charge is 0.253 e. The molecule has 0 spiro atoms. The number of halogens is 5. The molecule has 0 amide bonds. The van der Waals surface area contributed by atoms with E-state index in [-0.39, 0.29) is 11.8 Å². The molecule has 0 saturated carbocycles. The molecule has 0 bridgehead atoms. The normalized spacial score (nSPS) is 15.8. The quantitative estimate of drug-likeness (QED) is 0.625. The maximum absolute atomic E-state index is 13.8. The van der Waals surface area contributed by atoms with Crippen LogP contribution < -0.4 is 10.1 Å². The molecular formula is C18H18F5N3O. The molecule has 9 heteroatoms. The number of nitrogens with zero attached hydrogens (tertiary/aromatic N) is 2. The lowest BCUT2D eigenvalue weighted by Gasteiger charge is -2.33. The lowest BCUT2D eigenvalue weighted by Crippen LogP contribution is -2.39. The molecule has 4 nitrogen and oxygen atoms in total. The minimum absolute atomic E-state index is 0.169. The standard InChI is InChI=1S/C18H18F5N3O/c1-27-13-3-2-10(8-12(13)19)9-26-6-4-11(5-7-26)24-16-14(20)17(22)25-18(23)15(16)21/h2-3,8,11H,4-7,9H2,1H3,(H,24,25). The van der Waals surface area contributed by atoms with E-state index in [0.29, 0.717) is 32.5 Å². The van der Waals surface area contributed by atoms with Gasteiger partial charge in [-0.05, 0) is 30.5 Å². The molecule has 1 aliphatic rings. The Hall–Kier alpha value is -2.42. The number of benzene rings is 1. The summed E-state index contributed by atoms with van der Waals surface area (Å²) in [6.07, 6.45) is 1.01. The van der Waals surface area contributed by atoms with Crippen molar-refractivity contribution in [2.45, 2.75) is 25.4 Å². The van der Waals surface area contributed by atoms with Gasteiger partial charge in [-0.15, -0.1) is 0 Å². The minimum atomic E-state index is -1.68. The van der Waals surface area contributed by atoms with E-state index in [1.165, 1.54) is 13.2 Å². The molecule has 1 aliphatic heterocycles. The van der Waals surface area contributed by atoms with Crippen molar-refractivity contribution in [3.63, 3.8) is 0 Å². The summed E-state index contributed by atoms with van der Waals surface area (Å²) in [5.74, 6) is -6.72. The van der Waals surface area contributed by atoms with Crippen LogP contribution in [0.5, 0.6) is 5.75 Å². The van der Waals surface area contributed by atoms with E-state index < -0.39 is 35.0 Å².